The van der Waals surface area contributed by atoms with E-state index in [1.165, 1.54) is 6.26 Å². The largest absolute Gasteiger partial charge is 0.370 e. The third kappa shape index (κ3) is 6.11. The van der Waals surface area contributed by atoms with Gasteiger partial charge in [-0.2, -0.15) is 0 Å². The van der Waals surface area contributed by atoms with Crippen molar-refractivity contribution < 1.29 is 8.42 Å². The zero-order chi connectivity index (χ0) is 12.7. The Hall–Kier alpha value is -1.30. The number of hydrogen-bond donors (Lipinski definition) is 2. The third-order valence-corrected chi connectivity index (χ3v) is 3.14. The molecule has 0 radical (unpaired) electrons. The fraction of sp³-hybridized carbons (Fsp3) is 0.545. The van der Waals surface area contributed by atoms with Crippen molar-refractivity contribution in [2.24, 2.45) is 0 Å². The summed E-state index contributed by atoms with van der Waals surface area (Å²) in [6, 6.07) is 5.66. The number of sulfone groups is 1. The normalized spacial score (nSPS) is 11.2. The lowest BCUT2D eigenvalue weighted by molar-refractivity contribution is 0.600. The predicted molar refractivity (Wildman–Crippen MR) is 71.2 cm³/mol. The first-order valence-corrected chi connectivity index (χ1v) is 7.70. The van der Waals surface area contributed by atoms with Crippen molar-refractivity contribution >= 4 is 21.5 Å². The molecule has 0 bridgehead atoms. The second kappa shape index (κ2) is 6.44. The van der Waals surface area contributed by atoms with Gasteiger partial charge in [0.1, 0.15) is 21.5 Å². The predicted octanol–water partition coefficient (Wildman–Crippen LogP) is 1.36. The van der Waals surface area contributed by atoms with Crippen LogP contribution in [-0.4, -0.2) is 38.5 Å². The van der Waals surface area contributed by atoms with Crippen LogP contribution < -0.4 is 10.6 Å². The molecule has 0 aliphatic heterocycles. The molecule has 0 fully saturated rings. The van der Waals surface area contributed by atoms with E-state index in [0.717, 1.165) is 18.2 Å². The summed E-state index contributed by atoms with van der Waals surface area (Å²) in [6.45, 7) is 3.44. The van der Waals surface area contributed by atoms with Crippen LogP contribution in [-0.2, 0) is 9.84 Å². The van der Waals surface area contributed by atoms with Crippen molar-refractivity contribution in [2.45, 2.75) is 13.3 Å². The van der Waals surface area contributed by atoms with Crippen molar-refractivity contribution in [3.8, 4) is 0 Å². The van der Waals surface area contributed by atoms with Crippen molar-refractivity contribution in [3.05, 3.63) is 18.2 Å². The standard InChI is InChI=1S/C11H19N3O2S/c1-3-12-10-6-4-7-11(14-10)13-8-5-9-17(2,15)16/h4,6-7H,3,5,8-9H2,1-2H3,(H2,12,13,14). The molecule has 5 nitrogen and oxygen atoms in total. The highest BCUT2D eigenvalue weighted by atomic mass is 32.2. The molecule has 1 aromatic heterocycles. The molecule has 0 unspecified atom stereocenters. The van der Waals surface area contributed by atoms with Gasteiger partial charge in [-0.05, 0) is 25.5 Å². The topological polar surface area (TPSA) is 71.1 Å². The first-order valence-electron chi connectivity index (χ1n) is 5.64. The monoisotopic (exact) mass is 257 g/mol. The van der Waals surface area contributed by atoms with E-state index < -0.39 is 9.84 Å². The van der Waals surface area contributed by atoms with Crippen LogP contribution in [0, 0.1) is 0 Å². The molecule has 96 valence electrons. The molecule has 0 spiro atoms. The van der Waals surface area contributed by atoms with Gasteiger partial charge in [0, 0.05) is 19.3 Å². The first kappa shape index (κ1) is 13.8. The number of aromatic nitrogens is 1. The van der Waals surface area contributed by atoms with Gasteiger partial charge in [-0.1, -0.05) is 6.07 Å². The van der Waals surface area contributed by atoms with Crippen LogP contribution in [0.4, 0.5) is 11.6 Å². The second-order valence-electron chi connectivity index (χ2n) is 3.85. The molecule has 0 saturated heterocycles. The summed E-state index contributed by atoms with van der Waals surface area (Å²) in [6.07, 6.45) is 1.84. The van der Waals surface area contributed by atoms with E-state index in [0.29, 0.717) is 13.0 Å². The Morgan fingerprint density at radius 3 is 2.47 bits per heavy atom. The Morgan fingerprint density at radius 2 is 1.88 bits per heavy atom. The third-order valence-electron chi connectivity index (χ3n) is 2.11. The molecule has 6 heteroatoms. The molecule has 2 N–H and O–H groups in total. The molecule has 0 amide bonds. The van der Waals surface area contributed by atoms with Crippen LogP contribution in [0.25, 0.3) is 0 Å². The summed E-state index contributed by atoms with van der Waals surface area (Å²) in [5.74, 6) is 1.78. The van der Waals surface area contributed by atoms with E-state index in [1.54, 1.807) is 0 Å². The second-order valence-corrected chi connectivity index (χ2v) is 6.11. The van der Waals surface area contributed by atoms with Gasteiger partial charge in [0.15, 0.2) is 0 Å². The molecule has 0 saturated carbocycles. The average molecular weight is 257 g/mol. The lowest BCUT2D eigenvalue weighted by atomic mass is 10.4. The van der Waals surface area contributed by atoms with Crippen LogP contribution in [0.1, 0.15) is 13.3 Å². The summed E-state index contributed by atoms with van der Waals surface area (Å²) < 4.78 is 21.9. The van der Waals surface area contributed by atoms with Gasteiger partial charge in [0.05, 0.1) is 5.75 Å². The van der Waals surface area contributed by atoms with Crippen molar-refractivity contribution in [2.75, 3.05) is 35.7 Å². The number of nitrogens with one attached hydrogen (secondary N) is 2. The highest BCUT2D eigenvalue weighted by molar-refractivity contribution is 7.90. The number of hydrogen-bond acceptors (Lipinski definition) is 5. The number of pyridine rings is 1. The summed E-state index contributed by atoms with van der Waals surface area (Å²) in [5, 5.41) is 6.22. The van der Waals surface area contributed by atoms with E-state index in [2.05, 4.69) is 15.6 Å². The first-order chi connectivity index (χ1) is 8.01. The van der Waals surface area contributed by atoms with E-state index in [4.69, 9.17) is 0 Å². The lowest BCUT2D eigenvalue weighted by Crippen LogP contribution is -2.10. The lowest BCUT2D eigenvalue weighted by Gasteiger charge is -2.07. The van der Waals surface area contributed by atoms with Gasteiger partial charge in [0.2, 0.25) is 0 Å². The molecule has 0 aliphatic carbocycles. The number of anilines is 2. The minimum Gasteiger partial charge on any atom is -0.370 e. The van der Waals surface area contributed by atoms with E-state index >= 15 is 0 Å². The molecule has 17 heavy (non-hydrogen) atoms. The van der Waals surface area contributed by atoms with Gasteiger partial charge < -0.3 is 10.6 Å². The Kier molecular flexibility index (Phi) is 5.21. The highest BCUT2D eigenvalue weighted by Gasteiger charge is 2.01. The molecule has 1 aromatic rings. The minimum absolute atomic E-state index is 0.201. The Bertz CT molecular complexity index is 446. The van der Waals surface area contributed by atoms with E-state index in [1.807, 2.05) is 25.1 Å². The fourth-order valence-corrected chi connectivity index (χ4v) is 2.03. The summed E-state index contributed by atoms with van der Waals surface area (Å²) >= 11 is 0. The Morgan fingerprint density at radius 1 is 1.24 bits per heavy atom. The van der Waals surface area contributed by atoms with Crippen LogP contribution in [0.2, 0.25) is 0 Å². The van der Waals surface area contributed by atoms with Crippen molar-refractivity contribution in [1.29, 1.82) is 0 Å². The quantitative estimate of drug-likeness (QED) is 0.722. The maximum Gasteiger partial charge on any atom is 0.147 e. The molecule has 0 aromatic carbocycles. The molecule has 0 aliphatic rings. The van der Waals surface area contributed by atoms with E-state index in [-0.39, 0.29) is 5.75 Å². The van der Waals surface area contributed by atoms with Gasteiger partial charge in [-0.25, -0.2) is 13.4 Å². The maximum atomic E-state index is 10.9. The minimum atomic E-state index is -2.87. The molecule has 1 rings (SSSR count). The van der Waals surface area contributed by atoms with Crippen molar-refractivity contribution in [1.82, 2.24) is 4.98 Å². The van der Waals surface area contributed by atoms with Crippen LogP contribution in [0.5, 0.6) is 0 Å². The summed E-state index contributed by atoms with van der Waals surface area (Å²) in [7, 11) is -2.87. The van der Waals surface area contributed by atoms with Crippen LogP contribution in [0.15, 0.2) is 18.2 Å². The number of nitrogens with zero attached hydrogens (tertiary/aromatic N) is 1. The van der Waals surface area contributed by atoms with Crippen LogP contribution in [0.3, 0.4) is 0 Å². The molecule has 0 atom stereocenters. The highest BCUT2D eigenvalue weighted by Crippen LogP contribution is 2.08. The SMILES string of the molecule is CCNc1cccc(NCCCS(C)(=O)=O)n1. The molecular weight excluding hydrogens is 238 g/mol. The zero-order valence-electron chi connectivity index (χ0n) is 10.2. The zero-order valence-corrected chi connectivity index (χ0v) is 11.0. The number of rotatable bonds is 7. The van der Waals surface area contributed by atoms with Gasteiger partial charge in [-0.3, -0.25) is 0 Å². The van der Waals surface area contributed by atoms with Gasteiger partial charge in [-0.15, -0.1) is 0 Å². The Balaban J connectivity index is 2.38. The Labute approximate surface area is 103 Å². The maximum absolute atomic E-state index is 10.9. The summed E-state index contributed by atoms with van der Waals surface area (Å²) in [4.78, 5) is 4.32. The molecular formula is C11H19N3O2S. The van der Waals surface area contributed by atoms with Crippen molar-refractivity contribution in [3.63, 3.8) is 0 Å². The average Bonchev–Trinajstić information content (AvgIpc) is 2.24. The summed E-state index contributed by atoms with van der Waals surface area (Å²) in [5.41, 5.74) is 0. The smallest absolute Gasteiger partial charge is 0.147 e. The fourth-order valence-electron chi connectivity index (χ4n) is 1.36. The van der Waals surface area contributed by atoms with Gasteiger partial charge in [0.25, 0.3) is 0 Å². The van der Waals surface area contributed by atoms with Gasteiger partial charge >= 0.3 is 0 Å². The molecule has 1 heterocycles. The van der Waals surface area contributed by atoms with Crippen LogP contribution >= 0.6 is 0 Å². The van der Waals surface area contributed by atoms with E-state index in [9.17, 15) is 8.42 Å².